The Morgan fingerprint density at radius 2 is 1.61 bits per heavy atom. The Hall–Kier alpha value is -3.85. The lowest BCUT2D eigenvalue weighted by molar-refractivity contribution is 0.0549. The van der Waals surface area contributed by atoms with Crippen molar-refractivity contribution < 1.29 is 28.5 Å². The van der Waals surface area contributed by atoms with Gasteiger partial charge in [-0.2, -0.15) is 5.10 Å². The van der Waals surface area contributed by atoms with Crippen LogP contribution in [0.3, 0.4) is 0 Å². The number of ether oxygens (including phenoxy) is 4. The summed E-state index contributed by atoms with van der Waals surface area (Å²) in [6.07, 6.45) is 0. The van der Waals surface area contributed by atoms with Gasteiger partial charge in [0, 0.05) is 30.4 Å². The van der Waals surface area contributed by atoms with Crippen LogP contribution in [0.15, 0.2) is 48.5 Å². The number of methoxy groups -OCH3 is 3. The first-order valence-corrected chi connectivity index (χ1v) is 10.4. The summed E-state index contributed by atoms with van der Waals surface area (Å²) in [5.74, 6) is -0.896. The van der Waals surface area contributed by atoms with Crippen molar-refractivity contribution in [3.63, 3.8) is 0 Å². The molecule has 33 heavy (non-hydrogen) atoms. The van der Waals surface area contributed by atoms with Gasteiger partial charge in [-0.3, -0.25) is 0 Å². The summed E-state index contributed by atoms with van der Waals surface area (Å²) in [6.45, 7) is 2.84. The predicted octanol–water partition coefficient (Wildman–Crippen LogP) is 2.96. The van der Waals surface area contributed by atoms with E-state index in [2.05, 4.69) is 10.00 Å². The van der Waals surface area contributed by atoms with Crippen LogP contribution in [0, 0.1) is 0 Å². The van der Waals surface area contributed by atoms with Gasteiger partial charge in [0.05, 0.1) is 40.2 Å². The van der Waals surface area contributed by atoms with Crippen molar-refractivity contribution in [2.24, 2.45) is 0 Å². The number of rotatable bonds is 6. The maximum Gasteiger partial charge on any atom is 0.357 e. The number of esters is 2. The molecule has 0 radical (unpaired) electrons. The Bertz CT molecular complexity index is 1150. The number of aromatic nitrogens is 2. The fourth-order valence-corrected chi connectivity index (χ4v) is 3.84. The fraction of sp³-hybridized carbons (Fsp3) is 0.292. The van der Waals surface area contributed by atoms with E-state index in [9.17, 15) is 9.59 Å². The van der Waals surface area contributed by atoms with Crippen LogP contribution in [-0.4, -0.2) is 69.4 Å². The quantitative estimate of drug-likeness (QED) is 0.529. The average molecular weight is 451 g/mol. The molecular weight excluding hydrogens is 426 g/mol. The van der Waals surface area contributed by atoms with E-state index in [0.717, 1.165) is 18.8 Å². The van der Waals surface area contributed by atoms with Crippen LogP contribution in [0.5, 0.6) is 5.75 Å². The minimum absolute atomic E-state index is 0.00521. The molecule has 0 spiro atoms. The normalized spacial score (nSPS) is 13.5. The Kier molecular flexibility index (Phi) is 6.60. The smallest absolute Gasteiger partial charge is 0.357 e. The molecule has 0 unspecified atom stereocenters. The number of anilines is 1. The highest BCUT2D eigenvalue weighted by atomic mass is 16.5. The van der Waals surface area contributed by atoms with Crippen molar-refractivity contribution in [3.8, 4) is 22.7 Å². The monoisotopic (exact) mass is 451 g/mol. The molecule has 0 atom stereocenters. The second-order valence-corrected chi connectivity index (χ2v) is 7.29. The summed E-state index contributed by atoms with van der Waals surface area (Å²) in [6, 6.07) is 14.7. The minimum atomic E-state index is -0.707. The average Bonchev–Trinajstić information content (AvgIpc) is 3.29. The van der Waals surface area contributed by atoms with Crippen LogP contribution >= 0.6 is 0 Å². The van der Waals surface area contributed by atoms with Gasteiger partial charge in [0.25, 0.3) is 0 Å². The van der Waals surface area contributed by atoms with E-state index in [-0.39, 0.29) is 17.0 Å². The van der Waals surface area contributed by atoms with Crippen LogP contribution < -0.4 is 9.64 Å². The Morgan fingerprint density at radius 3 is 2.24 bits per heavy atom. The number of carbonyl (C=O) groups is 2. The van der Waals surface area contributed by atoms with Crippen molar-refractivity contribution in [2.75, 3.05) is 52.5 Å². The number of para-hydroxylation sites is 1. The van der Waals surface area contributed by atoms with Crippen LogP contribution in [0.2, 0.25) is 0 Å². The lowest BCUT2D eigenvalue weighted by atomic mass is 10.0. The highest BCUT2D eigenvalue weighted by molar-refractivity contribution is 6.07. The van der Waals surface area contributed by atoms with E-state index in [4.69, 9.17) is 18.9 Å². The van der Waals surface area contributed by atoms with E-state index in [1.165, 1.54) is 18.9 Å². The molecule has 1 aromatic heterocycles. The summed E-state index contributed by atoms with van der Waals surface area (Å²) in [5.41, 5.74) is 2.36. The molecular formula is C24H25N3O6. The first kappa shape index (κ1) is 22.3. The van der Waals surface area contributed by atoms with Gasteiger partial charge in [-0.1, -0.05) is 18.2 Å². The van der Waals surface area contributed by atoms with E-state index >= 15 is 0 Å². The molecule has 3 aromatic rings. The standard InChI is InChI=1S/C24H25N3O6/c1-30-19-15-17(26-11-13-33-14-12-26)9-10-18(19)21-20(23(28)31-2)22(24(29)32-3)27(25-21)16-7-5-4-6-8-16/h4-10,15H,11-14H2,1-3H3. The molecule has 0 saturated carbocycles. The lowest BCUT2D eigenvalue weighted by Crippen LogP contribution is -2.36. The molecule has 4 rings (SSSR count). The topological polar surface area (TPSA) is 92.1 Å². The van der Waals surface area contributed by atoms with Gasteiger partial charge in [-0.15, -0.1) is 0 Å². The van der Waals surface area contributed by atoms with Crippen molar-refractivity contribution >= 4 is 17.6 Å². The molecule has 9 nitrogen and oxygen atoms in total. The van der Waals surface area contributed by atoms with Gasteiger partial charge >= 0.3 is 11.9 Å². The summed E-state index contributed by atoms with van der Waals surface area (Å²) in [4.78, 5) is 27.8. The third-order valence-electron chi connectivity index (χ3n) is 5.47. The van der Waals surface area contributed by atoms with Gasteiger partial charge in [0.2, 0.25) is 0 Å². The predicted molar refractivity (Wildman–Crippen MR) is 121 cm³/mol. The largest absolute Gasteiger partial charge is 0.496 e. The molecule has 2 heterocycles. The first-order chi connectivity index (χ1) is 16.1. The van der Waals surface area contributed by atoms with Crippen LogP contribution in [0.1, 0.15) is 20.8 Å². The minimum Gasteiger partial charge on any atom is -0.496 e. The second-order valence-electron chi connectivity index (χ2n) is 7.29. The molecule has 1 saturated heterocycles. The number of nitrogens with zero attached hydrogens (tertiary/aromatic N) is 3. The Labute approximate surface area is 191 Å². The Morgan fingerprint density at radius 1 is 0.909 bits per heavy atom. The highest BCUT2D eigenvalue weighted by Crippen LogP contribution is 2.37. The molecule has 0 aliphatic carbocycles. The molecule has 0 bridgehead atoms. The van der Waals surface area contributed by atoms with Gasteiger partial charge < -0.3 is 23.8 Å². The summed E-state index contributed by atoms with van der Waals surface area (Å²) in [5, 5.41) is 4.64. The number of morpholine rings is 1. The zero-order valence-electron chi connectivity index (χ0n) is 18.7. The third kappa shape index (κ3) is 4.27. The summed E-state index contributed by atoms with van der Waals surface area (Å²) in [7, 11) is 4.06. The Balaban J connectivity index is 1.92. The van der Waals surface area contributed by atoms with Crippen LogP contribution in [-0.2, 0) is 14.2 Å². The summed E-state index contributed by atoms with van der Waals surface area (Å²) >= 11 is 0. The maximum absolute atomic E-state index is 12.9. The van der Waals surface area contributed by atoms with Gasteiger partial charge in [0.1, 0.15) is 17.0 Å². The molecule has 0 amide bonds. The van der Waals surface area contributed by atoms with Crippen LogP contribution in [0.25, 0.3) is 16.9 Å². The lowest BCUT2D eigenvalue weighted by Gasteiger charge is -2.29. The number of hydrogen-bond donors (Lipinski definition) is 0. The third-order valence-corrected chi connectivity index (χ3v) is 5.47. The van der Waals surface area contributed by atoms with Crippen molar-refractivity contribution in [3.05, 3.63) is 59.8 Å². The maximum atomic E-state index is 12.9. The first-order valence-electron chi connectivity index (χ1n) is 10.4. The molecule has 0 N–H and O–H groups in total. The fourth-order valence-electron chi connectivity index (χ4n) is 3.84. The zero-order chi connectivity index (χ0) is 23.4. The zero-order valence-corrected chi connectivity index (χ0v) is 18.7. The van der Waals surface area contributed by atoms with Gasteiger partial charge in [0.15, 0.2) is 5.69 Å². The van der Waals surface area contributed by atoms with E-state index in [0.29, 0.717) is 30.2 Å². The van der Waals surface area contributed by atoms with Crippen LogP contribution in [0.4, 0.5) is 5.69 Å². The van der Waals surface area contributed by atoms with E-state index in [1.54, 1.807) is 19.2 Å². The number of benzene rings is 2. The molecule has 2 aromatic carbocycles. The van der Waals surface area contributed by atoms with E-state index in [1.807, 2.05) is 36.4 Å². The van der Waals surface area contributed by atoms with Gasteiger partial charge in [-0.05, 0) is 24.3 Å². The molecule has 1 aliphatic heterocycles. The summed E-state index contributed by atoms with van der Waals surface area (Å²) < 4.78 is 22.5. The molecule has 1 aliphatic rings. The van der Waals surface area contributed by atoms with Crippen molar-refractivity contribution in [1.29, 1.82) is 0 Å². The van der Waals surface area contributed by atoms with Crippen molar-refractivity contribution in [1.82, 2.24) is 9.78 Å². The van der Waals surface area contributed by atoms with Crippen molar-refractivity contribution in [2.45, 2.75) is 0 Å². The SMILES string of the molecule is COC(=O)c1c(-c2ccc(N3CCOCC3)cc2OC)nn(-c2ccccc2)c1C(=O)OC. The number of carbonyl (C=O) groups excluding carboxylic acids is 2. The van der Waals surface area contributed by atoms with E-state index < -0.39 is 11.9 Å². The number of hydrogen-bond acceptors (Lipinski definition) is 8. The molecule has 172 valence electrons. The molecule has 1 fully saturated rings. The second kappa shape index (κ2) is 9.74. The van der Waals surface area contributed by atoms with Gasteiger partial charge in [-0.25, -0.2) is 14.3 Å². The highest BCUT2D eigenvalue weighted by Gasteiger charge is 2.32. The molecule has 9 heteroatoms.